The molecule has 2 aliphatic carbocycles. The van der Waals surface area contributed by atoms with Crippen LogP contribution in [-0.4, -0.2) is 30.7 Å². The predicted molar refractivity (Wildman–Crippen MR) is 63.2 cm³/mol. The monoisotopic (exact) mass is 275 g/mol. The van der Waals surface area contributed by atoms with Crippen molar-refractivity contribution in [2.24, 2.45) is 5.41 Å². The van der Waals surface area contributed by atoms with Crippen LogP contribution < -0.4 is 4.72 Å². The lowest BCUT2D eigenvalue weighted by Gasteiger charge is -2.35. The summed E-state index contributed by atoms with van der Waals surface area (Å²) in [5.74, 6) is -2.10. The van der Waals surface area contributed by atoms with Crippen LogP contribution in [0.3, 0.4) is 0 Å². The molecule has 0 aromatic rings. The zero-order chi connectivity index (χ0) is 13.4. The molecular formula is C11H17NO5S. The van der Waals surface area contributed by atoms with E-state index in [2.05, 4.69) is 0 Å². The quantitative estimate of drug-likeness (QED) is 0.733. The number of nitrogens with one attached hydrogen (secondary N) is 1. The SMILES string of the molecule is O=C(O)C1(C(=O)NS(=O)(=O)C2CCCC2)CCC1. The molecule has 6 nitrogen and oxygen atoms in total. The number of hydrogen-bond donors (Lipinski definition) is 2. The molecule has 102 valence electrons. The van der Waals surface area contributed by atoms with Crippen LogP contribution in [0.25, 0.3) is 0 Å². The summed E-state index contributed by atoms with van der Waals surface area (Å²) in [6.45, 7) is 0. The van der Waals surface area contributed by atoms with Crippen LogP contribution in [0.2, 0.25) is 0 Å². The second kappa shape index (κ2) is 4.53. The van der Waals surface area contributed by atoms with Gasteiger partial charge in [-0.3, -0.25) is 14.3 Å². The average Bonchev–Trinajstić information content (AvgIpc) is 2.66. The topological polar surface area (TPSA) is 101 Å². The fourth-order valence-electron chi connectivity index (χ4n) is 2.58. The molecule has 1 amide bonds. The third kappa shape index (κ3) is 2.11. The molecule has 0 heterocycles. The highest BCUT2D eigenvalue weighted by Crippen LogP contribution is 2.41. The van der Waals surface area contributed by atoms with Gasteiger partial charge in [0.25, 0.3) is 5.91 Å². The summed E-state index contributed by atoms with van der Waals surface area (Å²) in [6.07, 6.45) is 3.84. The van der Waals surface area contributed by atoms with Gasteiger partial charge in [0, 0.05) is 0 Å². The van der Waals surface area contributed by atoms with Crippen molar-refractivity contribution in [3.05, 3.63) is 0 Å². The highest BCUT2D eigenvalue weighted by Gasteiger charge is 2.52. The van der Waals surface area contributed by atoms with E-state index >= 15 is 0 Å². The Morgan fingerprint density at radius 2 is 1.67 bits per heavy atom. The maximum Gasteiger partial charge on any atom is 0.319 e. The van der Waals surface area contributed by atoms with Gasteiger partial charge in [0.15, 0.2) is 0 Å². The summed E-state index contributed by atoms with van der Waals surface area (Å²) in [5, 5.41) is 8.51. The lowest BCUT2D eigenvalue weighted by molar-refractivity contribution is -0.161. The van der Waals surface area contributed by atoms with Crippen LogP contribution in [0.5, 0.6) is 0 Å². The van der Waals surface area contributed by atoms with Crippen LogP contribution in [0.1, 0.15) is 44.9 Å². The zero-order valence-electron chi connectivity index (χ0n) is 10.0. The van der Waals surface area contributed by atoms with Gasteiger partial charge >= 0.3 is 5.97 Å². The summed E-state index contributed by atoms with van der Waals surface area (Å²) in [5.41, 5.74) is -1.52. The van der Waals surface area contributed by atoms with E-state index in [1.807, 2.05) is 4.72 Å². The highest BCUT2D eigenvalue weighted by atomic mass is 32.2. The van der Waals surface area contributed by atoms with Gasteiger partial charge in [0.05, 0.1) is 5.25 Å². The molecule has 0 saturated heterocycles. The maximum atomic E-state index is 11.9. The first-order chi connectivity index (χ1) is 8.38. The van der Waals surface area contributed by atoms with E-state index in [4.69, 9.17) is 5.11 Å². The van der Waals surface area contributed by atoms with Crippen molar-refractivity contribution in [1.82, 2.24) is 4.72 Å². The van der Waals surface area contributed by atoms with E-state index < -0.39 is 32.6 Å². The predicted octanol–water partition coefficient (Wildman–Crippen LogP) is 0.630. The number of hydrogen-bond acceptors (Lipinski definition) is 4. The van der Waals surface area contributed by atoms with E-state index in [-0.39, 0.29) is 12.8 Å². The Morgan fingerprint density at radius 1 is 1.11 bits per heavy atom. The number of carbonyl (C=O) groups is 2. The molecular weight excluding hydrogens is 258 g/mol. The van der Waals surface area contributed by atoms with Crippen LogP contribution in [-0.2, 0) is 19.6 Å². The first-order valence-corrected chi connectivity index (χ1v) is 7.72. The average molecular weight is 275 g/mol. The Morgan fingerprint density at radius 3 is 2.06 bits per heavy atom. The van der Waals surface area contributed by atoms with Gasteiger partial charge in [-0.05, 0) is 25.7 Å². The molecule has 2 rings (SSSR count). The van der Waals surface area contributed by atoms with E-state index in [1.54, 1.807) is 0 Å². The van der Waals surface area contributed by atoms with Gasteiger partial charge in [-0.1, -0.05) is 19.3 Å². The fourth-order valence-corrected chi connectivity index (χ4v) is 4.15. The van der Waals surface area contributed by atoms with Gasteiger partial charge in [0.1, 0.15) is 5.41 Å². The summed E-state index contributed by atoms with van der Waals surface area (Å²) in [6, 6.07) is 0. The van der Waals surface area contributed by atoms with Gasteiger partial charge in [-0.2, -0.15) is 0 Å². The molecule has 0 atom stereocenters. The lowest BCUT2D eigenvalue weighted by atomic mass is 9.68. The number of carboxylic acid groups (broad SMARTS) is 1. The number of rotatable bonds is 4. The largest absolute Gasteiger partial charge is 0.480 e. The van der Waals surface area contributed by atoms with Gasteiger partial charge in [-0.15, -0.1) is 0 Å². The Kier molecular flexibility index (Phi) is 3.35. The van der Waals surface area contributed by atoms with Crippen molar-refractivity contribution in [3.63, 3.8) is 0 Å². The van der Waals surface area contributed by atoms with Crippen LogP contribution >= 0.6 is 0 Å². The number of sulfonamides is 1. The summed E-state index contributed by atoms with van der Waals surface area (Å²) < 4.78 is 25.8. The zero-order valence-corrected chi connectivity index (χ0v) is 10.8. The number of amides is 1. The first-order valence-electron chi connectivity index (χ1n) is 6.18. The van der Waals surface area contributed by atoms with Crippen molar-refractivity contribution in [1.29, 1.82) is 0 Å². The molecule has 0 bridgehead atoms. The molecule has 0 spiro atoms. The standard InChI is InChI=1S/C11H17NO5S/c13-9(11(10(14)15)6-3-7-11)12-18(16,17)8-4-1-2-5-8/h8H,1-7H2,(H,12,13)(H,14,15). The van der Waals surface area contributed by atoms with Crippen molar-refractivity contribution >= 4 is 21.9 Å². The van der Waals surface area contributed by atoms with Crippen LogP contribution in [0, 0.1) is 5.41 Å². The normalized spacial score (nSPS) is 23.3. The van der Waals surface area contributed by atoms with E-state index in [9.17, 15) is 18.0 Å². The van der Waals surface area contributed by atoms with Crippen LogP contribution in [0.4, 0.5) is 0 Å². The van der Waals surface area contributed by atoms with Gasteiger partial charge < -0.3 is 5.11 Å². The Bertz CT molecular complexity index is 460. The number of carboxylic acids is 1. The number of aliphatic carboxylic acids is 1. The Balaban J connectivity index is 2.09. The van der Waals surface area contributed by atoms with Crippen molar-refractivity contribution in [2.75, 3.05) is 0 Å². The fraction of sp³-hybridized carbons (Fsp3) is 0.818. The van der Waals surface area contributed by atoms with E-state index in [1.165, 1.54) is 0 Å². The molecule has 7 heteroatoms. The molecule has 0 radical (unpaired) electrons. The molecule has 0 unspecified atom stereocenters. The summed E-state index contributed by atoms with van der Waals surface area (Å²) in [4.78, 5) is 23.0. The molecule has 0 aromatic heterocycles. The van der Waals surface area contributed by atoms with Crippen molar-refractivity contribution < 1.29 is 23.1 Å². The molecule has 2 saturated carbocycles. The molecule has 0 aromatic carbocycles. The molecule has 2 aliphatic rings. The smallest absolute Gasteiger partial charge is 0.319 e. The minimum Gasteiger partial charge on any atom is -0.480 e. The second-order valence-corrected chi connectivity index (χ2v) is 7.08. The highest BCUT2D eigenvalue weighted by molar-refractivity contribution is 7.90. The first kappa shape index (κ1) is 13.3. The third-order valence-electron chi connectivity index (χ3n) is 4.03. The van der Waals surface area contributed by atoms with Crippen molar-refractivity contribution in [2.45, 2.75) is 50.2 Å². The van der Waals surface area contributed by atoms with E-state index in [0.29, 0.717) is 19.3 Å². The second-order valence-electron chi connectivity index (χ2n) is 5.12. The van der Waals surface area contributed by atoms with Gasteiger partial charge in [-0.25, -0.2) is 8.42 Å². The van der Waals surface area contributed by atoms with E-state index in [0.717, 1.165) is 12.8 Å². The third-order valence-corrected chi connectivity index (χ3v) is 5.85. The lowest BCUT2D eigenvalue weighted by Crippen LogP contribution is -2.53. The molecule has 2 N–H and O–H groups in total. The Labute approximate surface area is 106 Å². The molecule has 18 heavy (non-hydrogen) atoms. The van der Waals surface area contributed by atoms with Crippen LogP contribution in [0.15, 0.2) is 0 Å². The minimum absolute atomic E-state index is 0.217. The molecule has 0 aliphatic heterocycles. The number of carbonyl (C=O) groups excluding carboxylic acids is 1. The Hall–Kier alpha value is -1.11. The van der Waals surface area contributed by atoms with Crippen molar-refractivity contribution in [3.8, 4) is 0 Å². The maximum absolute atomic E-state index is 11.9. The minimum atomic E-state index is -3.71. The summed E-state index contributed by atoms with van der Waals surface area (Å²) >= 11 is 0. The molecule has 2 fully saturated rings. The summed E-state index contributed by atoms with van der Waals surface area (Å²) in [7, 11) is -3.71. The van der Waals surface area contributed by atoms with Gasteiger partial charge in [0.2, 0.25) is 10.0 Å².